The van der Waals surface area contributed by atoms with E-state index in [-0.39, 0.29) is 12.0 Å². The molecule has 2 N–H and O–H groups in total. The first-order valence-electron chi connectivity index (χ1n) is 8.25. The maximum absolute atomic E-state index is 12.6. The maximum Gasteiger partial charge on any atom is 0.274 e. The lowest BCUT2D eigenvalue weighted by Gasteiger charge is -2.18. The molecule has 1 amide bonds. The number of rotatable bonds is 3. The van der Waals surface area contributed by atoms with E-state index < -0.39 is 0 Å². The predicted molar refractivity (Wildman–Crippen MR) is 96.8 cm³/mol. The van der Waals surface area contributed by atoms with Crippen molar-refractivity contribution in [3.63, 3.8) is 0 Å². The molecule has 1 aliphatic rings. The number of anilines is 2. The van der Waals surface area contributed by atoms with Crippen molar-refractivity contribution >= 4 is 28.2 Å². The summed E-state index contributed by atoms with van der Waals surface area (Å²) in [6.07, 6.45) is 3.75. The van der Waals surface area contributed by atoms with Crippen LogP contribution in [0.1, 0.15) is 16.9 Å². The van der Waals surface area contributed by atoms with Gasteiger partial charge in [-0.2, -0.15) is 0 Å². The van der Waals surface area contributed by atoms with Crippen LogP contribution in [0.15, 0.2) is 54.9 Å². The molecule has 4 rings (SSSR count). The van der Waals surface area contributed by atoms with Crippen molar-refractivity contribution in [3.8, 4) is 0 Å². The number of aromatic nitrogens is 2. The van der Waals surface area contributed by atoms with Gasteiger partial charge in [-0.1, -0.05) is 18.2 Å². The first-order chi connectivity index (χ1) is 12.2. The van der Waals surface area contributed by atoms with Gasteiger partial charge in [-0.3, -0.25) is 14.8 Å². The number of benzene rings is 1. The number of nitrogens with zero attached hydrogens (tertiary/aromatic N) is 3. The Bertz CT molecular complexity index is 923. The number of aliphatic hydroxyl groups excluding tert-OH is 1. The zero-order chi connectivity index (χ0) is 17.2. The summed E-state index contributed by atoms with van der Waals surface area (Å²) in [5.41, 5.74) is 2.64. The fourth-order valence-corrected chi connectivity index (χ4v) is 3.11. The highest BCUT2D eigenvalue weighted by Gasteiger charge is 2.21. The third-order valence-electron chi connectivity index (χ3n) is 4.39. The lowest BCUT2D eigenvalue weighted by Crippen LogP contribution is -2.22. The molecular weight excluding hydrogens is 316 g/mol. The van der Waals surface area contributed by atoms with Gasteiger partial charge in [0.1, 0.15) is 5.69 Å². The molecular formula is C19H18N4O2. The Morgan fingerprint density at radius 3 is 2.88 bits per heavy atom. The normalized spacial score (nSPS) is 17.0. The zero-order valence-electron chi connectivity index (χ0n) is 13.6. The topological polar surface area (TPSA) is 78.4 Å². The molecule has 1 fully saturated rings. The van der Waals surface area contributed by atoms with Gasteiger partial charge in [-0.15, -0.1) is 0 Å². The van der Waals surface area contributed by atoms with Crippen LogP contribution in [0.2, 0.25) is 0 Å². The van der Waals surface area contributed by atoms with Crippen LogP contribution in [-0.4, -0.2) is 40.2 Å². The fraction of sp³-hybridized carbons (Fsp3) is 0.211. The second-order valence-electron chi connectivity index (χ2n) is 6.12. The van der Waals surface area contributed by atoms with Gasteiger partial charge < -0.3 is 15.3 Å². The Labute approximate surface area is 145 Å². The molecule has 25 heavy (non-hydrogen) atoms. The van der Waals surface area contributed by atoms with Crippen LogP contribution in [0.3, 0.4) is 0 Å². The van der Waals surface area contributed by atoms with Crippen LogP contribution >= 0.6 is 0 Å². The average molecular weight is 334 g/mol. The minimum atomic E-state index is -0.313. The zero-order valence-corrected chi connectivity index (χ0v) is 13.6. The highest BCUT2D eigenvalue weighted by Crippen LogP contribution is 2.23. The summed E-state index contributed by atoms with van der Waals surface area (Å²) in [5, 5.41) is 13.6. The quantitative estimate of drug-likeness (QED) is 0.769. The highest BCUT2D eigenvalue weighted by atomic mass is 16.3. The first-order valence-corrected chi connectivity index (χ1v) is 8.25. The van der Waals surface area contributed by atoms with E-state index in [1.165, 1.54) is 0 Å². The number of amides is 1. The summed E-state index contributed by atoms with van der Waals surface area (Å²) in [6, 6.07) is 13.1. The number of nitrogens with one attached hydrogen (secondary N) is 1. The Balaban J connectivity index is 1.59. The summed E-state index contributed by atoms with van der Waals surface area (Å²) in [6.45, 7) is 1.36. The summed E-state index contributed by atoms with van der Waals surface area (Å²) >= 11 is 0. The number of β-amino-alcohol motifs (C(OH)–C–C–N with tert-alkyl or cyclic N) is 1. The standard InChI is InChI=1S/C19H18N4O2/c24-15-7-10-23(12-15)14-6-9-20-17(11-14)19(25)22-16-5-1-3-13-4-2-8-21-18(13)16/h1-6,8-9,11,15,24H,7,10,12H2,(H,22,25)/t15-/m0/s1. The monoisotopic (exact) mass is 334 g/mol. The molecule has 0 spiro atoms. The number of hydrogen-bond donors (Lipinski definition) is 2. The van der Waals surface area contributed by atoms with Crippen molar-refractivity contribution in [2.75, 3.05) is 23.3 Å². The lowest BCUT2D eigenvalue weighted by atomic mass is 10.2. The van der Waals surface area contributed by atoms with Crippen molar-refractivity contribution in [2.24, 2.45) is 0 Å². The van der Waals surface area contributed by atoms with Crippen molar-refractivity contribution < 1.29 is 9.90 Å². The van der Waals surface area contributed by atoms with Gasteiger partial charge in [0.25, 0.3) is 5.91 Å². The van der Waals surface area contributed by atoms with E-state index in [1.807, 2.05) is 36.4 Å². The molecule has 0 saturated carbocycles. The van der Waals surface area contributed by atoms with Gasteiger partial charge in [0, 0.05) is 36.6 Å². The Morgan fingerprint density at radius 2 is 2.04 bits per heavy atom. The second-order valence-corrected chi connectivity index (χ2v) is 6.12. The molecule has 6 nitrogen and oxygen atoms in total. The van der Waals surface area contributed by atoms with Crippen LogP contribution in [0.5, 0.6) is 0 Å². The predicted octanol–water partition coefficient (Wildman–Crippen LogP) is 2.45. The number of aliphatic hydroxyl groups is 1. The number of carbonyl (C=O) groups is 1. The van der Waals surface area contributed by atoms with Crippen molar-refractivity contribution in [1.29, 1.82) is 0 Å². The minimum Gasteiger partial charge on any atom is -0.391 e. The van der Waals surface area contributed by atoms with Gasteiger partial charge >= 0.3 is 0 Å². The van der Waals surface area contributed by atoms with Crippen LogP contribution < -0.4 is 10.2 Å². The summed E-state index contributed by atoms with van der Waals surface area (Å²) in [5.74, 6) is -0.278. The molecule has 3 aromatic rings. The lowest BCUT2D eigenvalue weighted by molar-refractivity contribution is 0.102. The SMILES string of the molecule is O=C(Nc1cccc2cccnc12)c1cc(N2CC[C@H](O)C2)ccn1. The number of hydrogen-bond acceptors (Lipinski definition) is 5. The molecule has 1 saturated heterocycles. The molecule has 3 heterocycles. The number of carbonyl (C=O) groups excluding carboxylic acids is 1. The summed E-state index contributed by atoms with van der Waals surface area (Å²) in [7, 11) is 0. The number of fused-ring (bicyclic) bond motifs is 1. The van der Waals surface area contributed by atoms with Crippen molar-refractivity contribution in [2.45, 2.75) is 12.5 Å². The van der Waals surface area contributed by atoms with Gasteiger partial charge in [-0.05, 0) is 30.7 Å². The summed E-state index contributed by atoms with van der Waals surface area (Å²) < 4.78 is 0. The third-order valence-corrected chi connectivity index (χ3v) is 4.39. The van der Waals surface area contributed by atoms with Gasteiger partial charge in [0.15, 0.2) is 0 Å². The molecule has 1 aromatic carbocycles. The van der Waals surface area contributed by atoms with Crippen molar-refractivity contribution in [1.82, 2.24) is 9.97 Å². The van der Waals surface area contributed by atoms with Crippen LogP contribution in [0, 0.1) is 0 Å². The van der Waals surface area contributed by atoms with Gasteiger partial charge in [0.05, 0.1) is 17.3 Å². The minimum absolute atomic E-state index is 0.278. The number of pyridine rings is 2. The molecule has 0 aliphatic carbocycles. The second kappa shape index (κ2) is 6.49. The van der Waals surface area contributed by atoms with Gasteiger partial charge in [0.2, 0.25) is 0 Å². The molecule has 1 atom stereocenters. The van der Waals surface area contributed by atoms with E-state index in [0.717, 1.165) is 29.6 Å². The molecule has 1 aliphatic heterocycles. The van der Waals surface area contributed by atoms with Crippen molar-refractivity contribution in [3.05, 3.63) is 60.6 Å². The first kappa shape index (κ1) is 15.5. The number of para-hydroxylation sites is 1. The highest BCUT2D eigenvalue weighted by molar-refractivity contribution is 6.07. The van der Waals surface area contributed by atoms with E-state index >= 15 is 0 Å². The van der Waals surface area contributed by atoms with Crippen LogP contribution in [0.25, 0.3) is 10.9 Å². The summed E-state index contributed by atoms with van der Waals surface area (Å²) in [4.78, 5) is 23.2. The Kier molecular flexibility index (Phi) is 4.03. The molecule has 6 heteroatoms. The van der Waals surface area contributed by atoms with Gasteiger partial charge in [-0.25, -0.2) is 0 Å². The van der Waals surface area contributed by atoms with E-state index in [0.29, 0.717) is 17.9 Å². The molecule has 0 bridgehead atoms. The molecule has 0 unspecified atom stereocenters. The Morgan fingerprint density at radius 1 is 1.16 bits per heavy atom. The third kappa shape index (κ3) is 3.16. The molecule has 0 radical (unpaired) electrons. The van der Waals surface area contributed by atoms with E-state index in [9.17, 15) is 9.90 Å². The van der Waals surface area contributed by atoms with E-state index in [1.54, 1.807) is 18.5 Å². The average Bonchev–Trinajstić information content (AvgIpc) is 3.09. The smallest absolute Gasteiger partial charge is 0.274 e. The Hall–Kier alpha value is -2.99. The van der Waals surface area contributed by atoms with E-state index in [2.05, 4.69) is 20.2 Å². The van der Waals surface area contributed by atoms with E-state index in [4.69, 9.17) is 0 Å². The molecule has 126 valence electrons. The largest absolute Gasteiger partial charge is 0.391 e. The maximum atomic E-state index is 12.6. The van der Waals surface area contributed by atoms with Crippen LogP contribution in [-0.2, 0) is 0 Å². The van der Waals surface area contributed by atoms with Crippen LogP contribution in [0.4, 0.5) is 11.4 Å². The molecule has 2 aromatic heterocycles. The fourth-order valence-electron chi connectivity index (χ4n) is 3.11.